The minimum absolute atomic E-state index is 0.0960. The van der Waals surface area contributed by atoms with Crippen LogP contribution in [-0.4, -0.2) is 30.1 Å². The van der Waals surface area contributed by atoms with Gasteiger partial charge in [0.25, 0.3) is 5.91 Å². The molecule has 2 aromatic carbocycles. The van der Waals surface area contributed by atoms with E-state index in [1.54, 1.807) is 36.4 Å². The van der Waals surface area contributed by atoms with Crippen molar-refractivity contribution in [1.29, 1.82) is 0 Å². The van der Waals surface area contributed by atoms with Crippen molar-refractivity contribution in [3.8, 4) is 11.5 Å². The molecule has 0 aliphatic carbocycles. The number of carbonyl (C=O) groups is 3. The second kappa shape index (κ2) is 9.27. The van der Waals surface area contributed by atoms with Crippen LogP contribution in [0.3, 0.4) is 0 Å². The van der Waals surface area contributed by atoms with Gasteiger partial charge in [-0.3, -0.25) is 9.59 Å². The molecule has 1 heterocycles. The van der Waals surface area contributed by atoms with Crippen LogP contribution in [0.5, 0.6) is 11.5 Å². The zero-order valence-corrected chi connectivity index (χ0v) is 16.9. The first-order chi connectivity index (χ1) is 14.4. The molecule has 1 aliphatic rings. The second-order valence-corrected chi connectivity index (χ2v) is 7.23. The number of ether oxygens (including phenoxy) is 2. The van der Waals surface area contributed by atoms with E-state index < -0.39 is 11.9 Å². The number of hydrogen-bond donors (Lipinski definition) is 1. The van der Waals surface area contributed by atoms with Crippen molar-refractivity contribution in [2.24, 2.45) is 4.99 Å². The maximum absolute atomic E-state index is 12.0. The number of aromatic carboxylic acids is 1. The lowest BCUT2D eigenvalue weighted by Gasteiger charge is -2.12. The average Bonchev–Trinajstić information content (AvgIpc) is 3.05. The van der Waals surface area contributed by atoms with Crippen molar-refractivity contribution in [3.05, 3.63) is 64.1 Å². The molecule has 30 heavy (non-hydrogen) atoms. The number of amides is 2. The molecule has 0 saturated carbocycles. The lowest BCUT2D eigenvalue weighted by molar-refractivity contribution is -0.255. The van der Waals surface area contributed by atoms with Crippen LogP contribution in [0.2, 0.25) is 0 Å². The molecular formula is C21H17N2O6S-. The van der Waals surface area contributed by atoms with Crippen molar-refractivity contribution in [2.75, 3.05) is 7.11 Å². The zero-order chi connectivity index (χ0) is 21.7. The van der Waals surface area contributed by atoms with E-state index in [0.29, 0.717) is 22.0 Å². The van der Waals surface area contributed by atoms with E-state index in [-0.39, 0.29) is 23.2 Å². The molecule has 8 nitrogen and oxygen atoms in total. The molecule has 0 aromatic heterocycles. The summed E-state index contributed by atoms with van der Waals surface area (Å²) >= 11 is 1.08. The van der Waals surface area contributed by atoms with E-state index in [9.17, 15) is 19.5 Å². The number of carboxylic acids is 1. The Bertz CT molecular complexity index is 1060. The summed E-state index contributed by atoms with van der Waals surface area (Å²) in [6, 6.07) is 11.4. The van der Waals surface area contributed by atoms with Crippen LogP contribution in [0.25, 0.3) is 6.08 Å². The quantitative estimate of drug-likeness (QED) is 0.701. The molecule has 154 valence electrons. The van der Waals surface area contributed by atoms with Crippen LogP contribution in [0.15, 0.2) is 52.4 Å². The summed E-state index contributed by atoms with van der Waals surface area (Å²) in [4.78, 5) is 38.1. The summed E-state index contributed by atoms with van der Waals surface area (Å²) in [7, 11) is 1.50. The predicted molar refractivity (Wildman–Crippen MR) is 110 cm³/mol. The van der Waals surface area contributed by atoms with Gasteiger partial charge in [0.2, 0.25) is 5.91 Å². The highest BCUT2D eigenvalue weighted by Crippen LogP contribution is 2.32. The molecule has 0 atom stereocenters. The number of aliphatic imine (C=N–C) groups is 1. The van der Waals surface area contributed by atoms with Gasteiger partial charge >= 0.3 is 0 Å². The number of amidine groups is 1. The number of thioether (sulfide) groups is 1. The Balaban J connectivity index is 1.70. The molecule has 0 bridgehead atoms. The van der Waals surface area contributed by atoms with Gasteiger partial charge in [0.05, 0.1) is 18.0 Å². The normalized spacial score (nSPS) is 14.4. The molecule has 0 fully saturated rings. The summed E-state index contributed by atoms with van der Waals surface area (Å²) in [6.07, 6.45) is 1.65. The molecule has 0 radical (unpaired) electrons. The Hall–Kier alpha value is -3.59. The van der Waals surface area contributed by atoms with Gasteiger partial charge in [-0.05, 0) is 46.7 Å². The monoisotopic (exact) mass is 425 g/mol. The largest absolute Gasteiger partial charge is 0.545 e. The summed E-state index contributed by atoms with van der Waals surface area (Å²) < 4.78 is 11.1. The van der Waals surface area contributed by atoms with Gasteiger partial charge in [-0.2, -0.15) is 4.99 Å². The first kappa shape index (κ1) is 21.1. The third-order valence-electron chi connectivity index (χ3n) is 3.97. The van der Waals surface area contributed by atoms with Gasteiger partial charge in [0.1, 0.15) is 6.61 Å². The van der Waals surface area contributed by atoms with E-state index in [1.165, 1.54) is 26.2 Å². The Labute approximate surface area is 176 Å². The van der Waals surface area contributed by atoms with Gasteiger partial charge in [0.15, 0.2) is 16.7 Å². The number of hydrogen-bond acceptors (Lipinski definition) is 7. The van der Waals surface area contributed by atoms with Crippen LogP contribution in [-0.2, 0) is 16.2 Å². The van der Waals surface area contributed by atoms with Gasteiger partial charge in [-0.15, -0.1) is 0 Å². The van der Waals surface area contributed by atoms with Crippen LogP contribution >= 0.6 is 11.8 Å². The SMILES string of the molecule is COc1cc(C=C2SC(NC(C)=O)=NC2=O)ccc1OCc1ccc(C(=O)[O-])cc1. The number of carboxylic acid groups (broad SMARTS) is 1. The standard InChI is InChI=1S/C21H18N2O6S/c1-12(24)22-21-23-19(25)18(30-21)10-14-5-8-16(17(9-14)28-2)29-11-13-3-6-15(7-4-13)20(26)27/h3-10H,11H2,1-2H3,(H,26,27)(H,22,23,24,25)/p-1. The average molecular weight is 425 g/mol. The highest BCUT2D eigenvalue weighted by Gasteiger charge is 2.22. The van der Waals surface area contributed by atoms with Gasteiger partial charge in [-0.1, -0.05) is 30.3 Å². The highest BCUT2D eigenvalue weighted by molar-refractivity contribution is 8.18. The summed E-state index contributed by atoms with van der Waals surface area (Å²) in [5.74, 6) is -1.00. The van der Waals surface area contributed by atoms with E-state index in [0.717, 1.165) is 17.3 Å². The van der Waals surface area contributed by atoms with E-state index in [2.05, 4.69) is 10.3 Å². The minimum atomic E-state index is -1.23. The van der Waals surface area contributed by atoms with Gasteiger partial charge < -0.3 is 24.7 Å². The predicted octanol–water partition coefficient (Wildman–Crippen LogP) is 1.74. The molecule has 2 amide bonds. The lowest BCUT2D eigenvalue weighted by atomic mass is 10.1. The maximum atomic E-state index is 12.0. The summed E-state index contributed by atoms with van der Waals surface area (Å²) in [5, 5.41) is 13.5. The zero-order valence-electron chi connectivity index (χ0n) is 16.1. The van der Waals surface area contributed by atoms with E-state index in [1.807, 2.05) is 0 Å². The number of rotatable bonds is 6. The Kier molecular flexibility index (Phi) is 6.53. The number of methoxy groups -OCH3 is 1. The fraction of sp³-hybridized carbons (Fsp3) is 0.143. The topological polar surface area (TPSA) is 117 Å². The van der Waals surface area contributed by atoms with Crippen molar-refractivity contribution in [1.82, 2.24) is 5.32 Å². The van der Waals surface area contributed by atoms with Crippen molar-refractivity contribution in [3.63, 3.8) is 0 Å². The van der Waals surface area contributed by atoms with Crippen molar-refractivity contribution < 1.29 is 29.0 Å². The summed E-state index contributed by atoms with van der Waals surface area (Å²) in [6.45, 7) is 1.56. The van der Waals surface area contributed by atoms with E-state index >= 15 is 0 Å². The number of benzene rings is 2. The van der Waals surface area contributed by atoms with E-state index in [4.69, 9.17) is 9.47 Å². The fourth-order valence-corrected chi connectivity index (χ4v) is 3.42. The number of nitrogens with zero attached hydrogens (tertiary/aromatic N) is 1. The van der Waals surface area contributed by atoms with Gasteiger partial charge in [0, 0.05) is 6.92 Å². The van der Waals surface area contributed by atoms with Crippen molar-refractivity contribution >= 4 is 40.8 Å². The minimum Gasteiger partial charge on any atom is -0.545 e. The van der Waals surface area contributed by atoms with Crippen LogP contribution < -0.4 is 19.9 Å². The third kappa shape index (κ3) is 5.26. The maximum Gasteiger partial charge on any atom is 0.286 e. The molecule has 3 rings (SSSR count). The Morgan fingerprint density at radius 3 is 2.53 bits per heavy atom. The summed E-state index contributed by atoms with van der Waals surface area (Å²) in [5.41, 5.74) is 1.58. The Morgan fingerprint density at radius 2 is 1.90 bits per heavy atom. The molecular weight excluding hydrogens is 408 g/mol. The molecule has 1 N–H and O–H groups in total. The molecule has 0 spiro atoms. The molecule has 2 aromatic rings. The van der Waals surface area contributed by atoms with Crippen LogP contribution in [0.4, 0.5) is 0 Å². The fourth-order valence-electron chi connectivity index (χ4n) is 2.56. The molecule has 0 unspecified atom stereocenters. The Morgan fingerprint density at radius 1 is 1.17 bits per heavy atom. The third-order valence-corrected chi connectivity index (χ3v) is 4.87. The molecule has 9 heteroatoms. The first-order valence-electron chi connectivity index (χ1n) is 8.77. The number of carbonyl (C=O) groups excluding carboxylic acids is 3. The highest BCUT2D eigenvalue weighted by atomic mass is 32.2. The number of nitrogens with one attached hydrogen (secondary N) is 1. The van der Waals surface area contributed by atoms with Crippen molar-refractivity contribution in [2.45, 2.75) is 13.5 Å². The lowest BCUT2D eigenvalue weighted by Crippen LogP contribution is -2.23. The second-order valence-electron chi connectivity index (χ2n) is 6.20. The molecule has 0 saturated heterocycles. The first-order valence-corrected chi connectivity index (χ1v) is 9.58. The van der Waals surface area contributed by atoms with Gasteiger partial charge in [-0.25, -0.2) is 0 Å². The van der Waals surface area contributed by atoms with Crippen LogP contribution in [0, 0.1) is 0 Å². The molecule has 1 aliphatic heterocycles. The smallest absolute Gasteiger partial charge is 0.286 e. The van der Waals surface area contributed by atoms with Crippen LogP contribution in [0.1, 0.15) is 28.4 Å².